The van der Waals surface area contributed by atoms with Crippen LogP contribution in [-0.2, 0) is 9.59 Å². The Morgan fingerprint density at radius 3 is 2.55 bits per heavy atom. The molecule has 1 fully saturated rings. The molecule has 2 aliphatic carbocycles. The van der Waals surface area contributed by atoms with Gasteiger partial charge >= 0.3 is 5.97 Å². The van der Waals surface area contributed by atoms with E-state index in [0.717, 1.165) is 16.9 Å². The van der Waals surface area contributed by atoms with Crippen molar-refractivity contribution in [2.45, 2.75) is 20.3 Å². The summed E-state index contributed by atoms with van der Waals surface area (Å²) in [7, 11) is 0. The van der Waals surface area contributed by atoms with Crippen LogP contribution in [0.4, 0.5) is 5.00 Å². The fraction of sp³-hybridized carbons (Fsp3) is 0.438. The summed E-state index contributed by atoms with van der Waals surface area (Å²) < 4.78 is 0. The quantitative estimate of drug-likeness (QED) is 0.839. The molecule has 0 aromatic carbocycles. The smallest absolute Gasteiger partial charge is 0.307 e. The van der Waals surface area contributed by atoms with Crippen molar-refractivity contribution in [3.05, 3.63) is 28.2 Å². The van der Waals surface area contributed by atoms with Crippen LogP contribution in [0.3, 0.4) is 0 Å². The lowest BCUT2D eigenvalue weighted by atomic mass is 9.82. The van der Waals surface area contributed by atoms with Crippen LogP contribution >= 0.6 is 11.3 Å². The normalized spacial score (nSPS) is 28.6. The second kappa shape index (κ2) is 5.25. The number of thiophene rings is 1. The molecule has 0 radical (unpaired) electrons. The predicted molar refractivity (Wildman–Crippen MR) is 82.5 cm³/mol. The summed E-state index contributed by atoms with van der Waals surface area (Å²) >= 11 is 1.36. The van der Waals surface area contributed by atoms with E-state index in [1.807, 2.05) is 26.0 Å². The molecule has 2 N–H and O–H groups in total. The number of hydrogen-bond donors (Lipinski definition) is 2. The monoisotopic (exact) mass is 316 g/mol. The Morgan fingerprint density at radius 1 is 1.32 bits per heavy atom. The number of carbonyl (C=O) groups excluding carboxylic acids is 1. The third kappa shape index (κ3) is 2.13. The second-order valence-electron chi connectivity index (χ2n) is 5.93. The Balaban J connectivity index is 1.86. The van der Waals surface area contributed by atoms with E-state index in [1.54, 1.807) is 0 Å². The zero-order valence-electron chi connectivity index (χ0n) is 12.3. The number of amides is 1. The molecule has 4 atom stereocenters. The molecular weight excluding hydrogens is 300 g/mol. The molecule has 3 rings (SSSR count). The number of nitrogens with one attached hydrogen (secondary N) is 1. The van der Waals surface area contributed by atoms with Crippen LogP contribution in [0.15, 0.2) is 12.2 Å². The molecule has 0 spiro atoms. The molecular formula is C16H16N2O3S. The maximum Gasteiger partial charge on any atom is 0.307 e. The summed E-state index contributed by atoms with van der Waals surface area (Å²) in [5.74, 6) is -2.50. The average Bonchev–Trinajstić information content (AvgIpc) is 3.13. The van der Waals surface area contributed by atoms with E-state index in [2.05, 4.69) is 11.4 Å². The zero-order chi connectivity index (χ0) is 16.0. The van der Waals surface area contributed by atoms with Crippen LogP contribution in [0.5, 0.6) is 0 Å². The largest absolute Gasteiger partial charge is 0.481 e. The molecule has 0 unspecified atom stereocenters. The van der Waals surface area contributed by atoms with Crippen LogP contribution in [0, 0.1) is 48.9 Å². The highest BCUT2D eigenvalue weighted by Crippen LogP contribution is 2.48. The molecule has 0 aliphatic heterocycles. The van der Waals surface area contributed by atoms with E-state index < -0.39 is 17.8 Å². The minimum Gasteiger partial charge on any atom is -0.481 e. The third-order valence-corrected chi connectivity index (χ3v) is 5.90. The number of anilines is 1. The number of rotatable bonds is 3. The zero-order valence-corrected chi connectivity index (χ0v) is 13.1. The lowest BCUT2D eigenvalue weighted by molar-refractivity contribution is -0.146. The molecule has 114 valence electrons. The fourth-order valence-corrected chi connectivity index (χ4v) is 4.57. The van der Waals surface area contributed by atoms with Gasteiger partial charge in [-0.05, 0) is 37.7 Å². The van der Waals surface area contributed by atoms with Crippen LogP contribution in [0.2, 0.25) is 0 Å². The Labute approximate surface area is 132 Å². The topological polar surface area (TPSA) is 90.2 Å². The first-order chi connectivity index (χ1) is 10.4. The number of fused-ring (bicyclic) bond motifs is 2. The van der Waals surface area contributed by atoms with Gasteiger partial charge in [-0.25, -0.2) is 0 Å². The molecule has 0 saturated heterocycles. The number of carbonyl (C=O) groups is 2. The fourth-order valence-electron chi connectivity index (χ4n) is 3.56. The van der Waals surface area contributed by atoms with Crippen molar-refractivity contribution in [2.75, 3.05) is 5.32 Å². The molecule has 1 aromatic heterocycles. The second-order valence-corrected chi connectivity index (χ2v) is 7.15. The van der Waals surface area contributed by atoms with E-state index >= 15 is 0 Å². The summed E-state index contributed by atoms with van der Waals surface area (Å²) in [5, 5.41) is 22.0. The van der Waals surface area contributed by atoms with Gasteiger partial charge in [0, 0.05) is 4.88 Å². The van der Waals surface area contributed by atoms with Gasteiger partial charge in [0.25, 0.3) is 0 Å². The van der Waals surface area contributed by atoms with Crippen molar-refractivity contribution in [3.8, 4) is 6.07 Å². The molecule has 6 heteroatoms. The number of nitrogens with zero attached hydrogens (tertiary/aromatic N) is 1. The standard InChI is InChI=1S/C16H16N2O3S/c1-7-8(2)22-15(11(7)6-17)18-14(19)12-9-3-4-10(5-9)13(12)16(20)21/h3-4,9-10,12-13H,5H2,1-2H3,(H,18,19)(H,20,21)/t9-,10-,12+,13-/m0/s1. The van der Waals surface area contributed by atoms with Crippen LogP contribution in [0.25, 0.3) is 0 Å². The molecule has 5 nitrogen and oxygen atoms in total. The summed E-state index contributed by atoms with van der Waals surface area (Å²) in [6, 6.07) is 2.11. The number of hydrogen-bond acceptors (Lipinski definition) is 4. The first-order valence-corrected chi connectivity index (χ1v) is 7.97. The van der Waals surface area contributed by atoms with E-state index in [9.17, 15) is 20.0 Å². The summed E-state index contributed by atoms with van der Waals surface area (Å²) in [5.41, 5.74) is 1.34. The Morgan fingerprint density at radius 2 is 1.95 bits per heavy atom. The van der Waals surface area contributed by atoms with Gasteiger partial charge in [-0.2, -0.15) is 5.26 Å². The highest BCUT2D eigenvalue weighted by Gasteiger charge is 2.51. The van der Waals surface area contributed by atoms with Gasteiger partial charge in [0.1, 0.15) is 11.1 Å². The van der Waals surface area contributed by atoms with Crippen molar-refractivity contribution in [3.63, 3.8) is 0 Å². The summed E-state index contributed by atoms with van der Waals surface area (Å²) in [4.78, 5) is 25.1. The van der Waals surface area contributed by atoms with Gasteiger partial charge in [0.05, 0.1) is 17.4 Å². The summed E-state index contributed by atoms with van der Waals surface area (Å²) in [6.07, 6.45) is 4.58. The van der Waals surface area contributed by atoms with Gasteiger partial charge in [-0.3, -0.25) is 9.59 Å². The highest BCUT2D eigenvalue weighted by atomic mass is 32.1. The molecule has 1 aromatic rings. The minimum absolute atomic E-state index is 0.0150. The van der Waals surface area contributed by atoms with Crippen LogP contribution in [0.1, 0.15) is 22.4 Å². The molecule has 1 heterocycles. The molecule has 22 heavy (non-hydrogen) atoms. The molecule has 1 amide bonds. The number of allylic oxidation sites excluding steroid dienone is 2. The lowest BCUT2D eigenvalue weighted by Crippen LogP contribution is -2.36. The van der Waals surface area contributed by atoms with Crippen molar-refractivity contribution in [1.29, 1.82) is 5.26 Å². The van der Waals surface area contributed by atoms with E-state index in [0.29, 0.717) is 10.6 Å². The lowest BCUT2D eigenvalue weighted by Gasteiger charge is -2.23. The number of aliphatic carboxylic acids is 1. The van der Waals surface area contributed by atoms with Gasteiger partial charge in [0.15, 0.2) is 0 Å². The number of nitriles is 1. The van der Waals surface area contributed by atoms with Crippen molar-refractivity contribution < 1.29 is 14.7 Å². The van der Waals surface area contributed by atoms with Crippen molar-refractivity contribution >= 4 is 28.2 Å². The Bertz CT molecular complexity index is 728. The summed E-state index contributed by atoms with van der Waals surface area (Å²) in [6.45, 7) is 3.75. The maximum absolute atomic E-state index is 12.6. The van der Waals surface area contributed by atoms with Crippen LogP contribution in [-0.4, -0.2) is 17.0 Å². The molecule has 2 aliphatic rings. The van der Waals surface area contributed by atoms with Crippen molar-refractivity contribution in [1.82, 2.24) is 0 Å². The number of aryl methyl sites for hydroxylation is 1. The van der Waals surface area contributed by atoms with E-state index in [1.165, 1.54) is 11.3 Å². The van der Waals surface area contributed by atoms with E-state index in [4.69, 9.17) is 0 Å². The Kier molecular flexibility index (Phi) is 3.53. The molecule has 2 bridgehead atoms. The number of carboxylic acids is 1. The van der Waals surface area contributed by atoms with Gasteiger partial charge in [-0.1, -0.05) is 12.2 Å². The first kappa shape index (κ1) is 14.8. The minimum atomic E-state index is -0.920. The van der Waals surface area contributed by atoms with Crippen molar-refractivity contribution in [2.24, 2.45) is 23.7 Å². The predicted octanol–water partition coefficient (Wildman–Crippen LogP) is 2.70. The maximum atomic E-state index is 12.6. The first-order valence-electron chi connectivity index (χ1n) is 7.16. The van der Waals surface area contributed by atoms with Gasteiger partial charge in [0.2, 0.25) is 5.91 Å². The highest BCUT2D eigenvalue weighted by molar-refractivity contribution is 7.16. The Hall–Kier alpha value is -2.13. The van der Waals surface area contributed by atoms with Gasteiger partial charge < -0.3 is 10.4 Å². The van der Waals surface area contributed by atoms with Gasteiger partial charge in [-0.15, -0.1) is 11.3 Å². The average molecular weight is 316 g/mol. The molecule has 1 saturated carbocycles. The van der Waals surface area contributed by atoms with E-state index in [-0.39, 0.29) is 17.7 Å². The number of carboxylic acid groups (broad SMARTS) is 1. The third-order valence-electron chi connectivity index (χ3n) is 4.78. The SMILES string of the molecule is Cc1sc(NC(=O)[C@H]2[C@@H](C(=O)O)[C@H]3C=C[C@H]2C3)c(C#N)c1C. The van der Waals surface area contributed by atoms with Crippen LogP contribution < -0.4 is 5.32 Å².